The van der Waals surface area contributed by atoms with Gasteiger partial charge in [-0.2, -0.15) is 20.5 Å². The van der Waals surface area contributed by atoms with Crippen LogP contribution in [0.15, 0.2) is 105 Å². The Morgan fingerprint density at radius 3 is 1.16 bits per heavy atom. The molecule has 0 saturated carbocycles. The first-order chi connectivity index (χ1) is 29.3. The number of azo groups is 2. The van der Waals surface area contributed by atoms with Gasteiger partial charge in [0.05, 0.1) is 57.2 Å². The van der Waals surface area contributed by atoms with Gasteiger partial charge in [-0.1, -0.05) is 105 Å². The van der Waals surface area contributed by atoms with Crippen molar-refractivity contribution in [1.82, 2.24) is 0 Å². The predicted octanol–water partition coefficient (Wildman–Crippen LogP) is 12.8. The van der Waals surface area contributed by atoms with Crippen molar-refractivity contribution < 1.29 is 28.8 Å². The number of halogens is 8. The van der Waals surface area contributed by atoms with Crippen molar-refractivity contribution in [2.45, 2.75) is 25.9 Å². The lowest BCUT2D eigenvalue weighted by Gasteiger charge is -2.15. The molecule has 2 atom stereocenters. The summed E-state index contributed by atoms with van der Waals surface area (Å²) in [6.07, 6.45) is 0. The first-order valence-electron chi connectivity index (χ1n) is 17.4. The summed E-state index contributed by atoms with van der Waals surface area (Å²) in [7, 11) is 0. The number of ketones is 2. The summed E-state index contributed by atoms with van der Waals surface area (Å²) in [5, 5.41) is 26.3. The van der Waals surface area contributed by atoms with Crippen molar-refractivity contribution in [3.05, 3.63) is 136 Å². The number of para-hydroxylation sites is 2. The quantitative estimate of drug-likeness (QED) is 0.0630. The molecule has 0 aliphatic heterocycles. The van der Waals surface area contributed by atoms with E-state index in [4.69, 9.17) is 92.8 Å². The Morgan fingerprint density at radius 1 is 0.435 bits per heavy atom. The molecule has 5 aromatic carbocycles. The van der Waals surface area contributed by atoms with Crippen molar-refractivity contribution in [3.8, 4) is 0 Å². The van der Waals surface area contributed by atoms with Crippen LogP contribution >= 0.6 is 92.8 Å². The molecule has 318 valence electrons. The zero-order valence-corrected chi connectivity index (χ0v) is 37.5. The Labute approximate surface area is 392 Å². The van der Waals surface area contributed by atoms with Crippen LogP contribution in [0.2, 0.25) is 40.2 Å². The highest BCUT2D eigenvalue weighted by molar-refractivity contribution is 6.42. The van der Waals surface area contributed by atoms with Crippen LogP contribution in [0.1, 0.15) is 34.6 Å². The Hall–Kier alpha value is -5.16. The summed E-state index contributed by atoms with van der Waals surface area (Å²) < 4.78 is 0. The Balaban J connectivity index is 1.27. The number of nitrogens with zero attached hydrogens (tertiary/aromatic N) is 4. The Morgan fingerprint density at radius 2 is 0.790 bits per heavy atom. The number of nitrogens with one attached hydrogen (secondary N) is 4. The largest absolute Gasteiger partial charge is 0.324 e. The number of carbonyl (C=O) groups is 6. The molecule has 14 nitrogen and oxygen atoms in total. The van der Waals surface area contributed by atoms with Crippen LogP contribution in [0, 0.1) is 0 Å². The normalized spacial score (nSPS) is 12.2. The number of Topliss-reactive ketones (excluding diaryl/α,β-unsaturated/α-hetero) is 2. The van der Waals surface area contributed by atoms with Crippen molar-refractivity contribution in [2.75, 3.05) is 21.3 Å². The first-order valence-corrected chi connectivity index (χ1v) is 20.4. The molecule has 62 heavy (non-hydrogen) atoms. The number of hydrogen-bond acceptors (Lipinski definition) is 10. The van der Waals surface area contributed by atoms with E-state index in [1.165, 1.54) is 48.5 Å². The zero-order valence-electron chi connectivity index (χ0n) is 31.5. The average Bonchev–Trinajstić information content (AvgIpc) is 3.20. The maximum absolute atomic E-state index is 13.3. The molecule has 0 aliphatic rings. The standard InChI is InChI=1S/C40H26Cl8N8O6/c1-17(57)32(55-53-30-13-19(9-11-22(30)41)37(59)50-34-24(43)5-3-6-25(34)44)39(61)49-21-15-28(47)36(29(48)16-21)52-40(62)33(18(2)58)56-54-31-14-20(10-12-23(31)42)38(60)51-35-26(45)7-4-8-27(35)46/h3-16,32-33H,1-2H3,(H,49,61)(H,50,59)(H,51,60)(H,52,62). The molecule has 4 N–H and O–H groups in total. The fourth-order valence-electron chi connectivity index (χ4n) is 5.11. The van der Waals surface area contributed by atoms with E-state index in [1.54, 1.807) is 36.4 Å². The van der Waals surface area contributed by atoms with Gasteiger partial charge >= 0.3 is 0 Å². The number of hydrogen-bond donors (Lipinski definition) is 4. The number of anilines is 4. The van der Waals surface area contributed by atoms with Crippen molar-refractivity contribution in [1.29, 1.82) is 0 Å². The molecular formula is C40H26Cl8N8O6. The zero-order chi connectivity index (χ0) is 45.4. The third-order valence-electron chi connectivity index (χ3n) is 8.21. The highest BCUT2D eigenvalue weighted by Crippen LogP contribution is 2.36. The molecule has 5 rings (SSSR count). The van der Waals surface area contributed by atoms with Crippen LogP contribution in [0.5, 0.6) is 0 Å². The van der Waals surface area contributed by atoms with Gasteiger partial charge < -0.3 is 21.3 Å². The third kappa shape index (κ3) is 12.1. The molecule has 0 bridgehead atoms. The summed E-state index contributed by atoms with van der Waals surface area (Å²) in [6, 6.07) is 16.4. The molecular weight excluding hydrogens is 972 g/mol. The van der Waals surface area contributed by atoms with Crippen LogP contribution < -0.4 is 21.3 Å². The minimum Gasteiger partial charge on any atom is -0.324 e. The van der Waals surface area contributed by atoms with Crippen LogP contribution in [0.25, 0.3) is 0 Å². The molecule has 0 fully saturated rings. The molecule has 0 aliphatic carbocycles. The maximum Gasteiger partial charge on any atom is 0.258 e. The molecule has 5 aromatic rings. The second-order valence-electron chi connectivity index (χ2n) is 12.7. The summed E-state index contributed by atoms with van der Waals surface area (Å²) >= 11 is 50.1. The molecule has 0 heterocycles. The highest BCUT2D eigenvalue weighted by Gasteiger charge is 2.27. The summed E-state index contributed by atoms with van der Waals surface area (Å²) in [4.78, 5) is 77.6. The van der Waals surface area contributed by atoms with E-state index in [2.05, 4.69) is 41.7 Å². The fourth-order valence-corrected chi connectivity index (χ4v) is 6.99. The molecule has 0 radical (unpaired) electrons. The maximum atomic E-state index is 13.3. The lowest BCUT2D eigenvalue weighted by Crippen LogP contribution is -2.32. The Kier molecular flexibility index (Phi) is 16.4. The Bertz CT molecular complexity index is 2650. The number of carbonyl (C=O) groups excluding carboxylic acids is 6. The van der Waals surface area contributed by atoms with Crippen LogP contribution in [-0.4, -0.2) is 47.3 Å². The monoisotopic (exact) mass is 994 g/mol. The van der Waals surface area contributed by atoms with Gasteiger partial charge in [0.15, 0.2) is 11.6 Å². The molecule has 4 amide bonds. The molecule has 0 spiro atoms. The number of rotatable bonds is 14. The second-order valence-corrected chi connectivity index (χ2v) is 15.9. The fraction of sp³-hybridized carbons (Fsp3) is 0.100. The number of amides is 4. The van der Waals surface area contributed by atoms with Crippen LogP contribution in [0.4, 0.5) is 34.1 Å². The molecule has 0 aromatic heterocycles. The second kappa shape index (κ2) is 21.3. The minimum atomic E-state index is -1.73. The van der Waals surface area contributed by atoms with Gasteiger partial charge in [0, 0.05) is 16.8 Å². The molecule has 22 heteroatoms. The van der Waals surface area contributed by atoms with Gasteiger partial charge in [-0.25, -0.2) is 0 Å². The van der Waals surface area contributed by atoms with E-state index in [1.807, 2.05) is 0 Å². The van der Waals surface area contributed by atoms with Crippen molar-refractivity contribution >= 4 is 162 Å². The van der Waals surface area contributed by atoms with E-state index >= 15 is 0 Å². The van der Waals surface area contributed by atoms with E-state index in [0.29, 0.717) is 0 Å². The molecule has 0 saturated heterocycles. The lowest BCUT2D eigenvalue weighted by atomic mass is 10.1. The van der Waals surface area contributed by atoms with E-state index in [0.717, 1.165) is 13.8 Å². The minimum absolute atomic E-state index is 0.0162. The van der Waals surface area contributed by atoms with Crippen molar-refractivity contribution in [3.63, 3.8) is 0 Å². The van der Waals surface area contributed by atoms with Crippen LogP contribution in [-0.2, 0) is 19.2 Å². The van der Waals surface area contributed by atoms with Gasteiger partial charge in [0.25, 0.3) is 23.6 Å². The van der Waals surface area contributed by atoms with E-state index in [-0.39, 0.29) is 85.4 Å². The third-order valence-corrected chi connectivity index (χ3v) is 10.7. The summed E-state index contributed by atoms with van der Waals surface area (Å²) in [5.41, 5.74) is 0.238. The predicted molar refractivity (Wildman–Crippen MR) is 243 cm³/mol. The van der Waals surface area contributed by atoms with E-state index < -0.39 is 47.3 Å². The van der Waals surface area contributed by atoms with Gasteiger partial charge in [0.2, 0.25) is 12.1 Å². The van der Waals surface area contributed by atoms with Gasteiger partial charge in [-0.15, -0.1) is 0 Å². The summed E-state index contributed by atoms with van der Waals surface area (Å²) in [5.74, 6) is -4.62. The summed E-state index contributed by atoms with van der Waals surface area (Å²) in [6.45, 7) is 2.19. The smallest absolute Gasteiger partial charge is 0.258 e. The van der Waals surface area contributed by atoms with Crippen molar-refractivity contribution in [2.24, 2.45) is 20.5 Å². The van der Waals surface area contributed by atoms with E-state index in [9.17, 15) is 28.8 Å². The van der Waals surface area contributed by atoms with Gasteiger partial charge in [-0.3, -0.25) is 28.8 Å². The number of benzene rings is 5. The van der Waals surface area contributed by atoms with Gasteiger partial charge in [0.1, 0.15) is 11.4 Å². The first kappa shape index (κ1) is 47.9. The SMILES string of the molecule is CC(=O)C(N=Nc1cc(C(=O)Nc2c(Cl)cccc2Cl)ccc1Cl)C(=O)Nc1cc(Cl)c(NC(=O)C(N=Nc2cc(C(=O)Nc3c(Cl)cccc3Cl)ccc2Cl)C(C)=O)c(Cl)c1. The highest BCUT2D eigenvalue weighted by atomic mass is 35.5. The lowest BCUT2D eigenvalue weighted by molar-refractivity contribution is -0.127. The average molecular weight is 998 g/mol. The molecule has 2 unspecified atom stereocenters. The van der Waals surface area contributed by atoms with Crippen LogP contribution in [0.3, 0.4) is 0 Å². The van der Waals surface area contributed by atoms with Gasteiger partial charge in [-0.05, 0) is 86.6 Å². The topological polar surface area (TPSA) is 200 Å².